The number of methoxy groups -OCH3 is 1. The van der Waals surface area contributed by atoms with Crippen LogP contribution < -0.4 is 9.64 Å². The summed E-state index contributed by atoms with van der Waals surface area (Å²) in [6.07, 6.45) is 0.408. The van der Waals surface area contributed by atoms with Crippen molar-refractivity contribution in [2.24, 2.45) is 0 Å². The minimum Gasteiger partial charge on any atom is -0.494 e. The molecule has 2 aromatic heterocycles. The zero-order chi connectivity index (χ0) is 19.0. The van der Waals surface area contributed by atoms with Crippen molar-refractivity contribution in [2.75, 3.05) is 38.2 Å². The summed E-state index contributed by atoms with van der Waals surface area (Å²) in [5, 5.41) is 1.59. The molecule has 0 atom stereocenters. The Bertz CT molecular complexity index is 980. The minimum absolute atomic E-state index is 0.141. The highest BCUT2D eigenvalue weighted by atomic mass is 35.5. The number of hydrogen-bond donors (Lipinski definition) is 0. The molecule has 0 radical (unpaired) electrons. The molecule has 9 heteroatoms. The van der Waals surface area contributed by atoms with Crippen LogP contribution in [0.25, 0.3) is 10.2 Å². The second-order valence-electron chi connectivity index (χ2n) is 6.17. The summed E-state index contributed by atoms with van der Waals surface area (Å²) >= 11 is 15.3. The lowest BCUT2D eigenvalue weighted by molar-refractivity contribution is -0.130. The molecule has 0 unspecified atom stereocenters. The number of anilines is 1. The summed E-state index contributed by atoms with van der Waals surface area (Å²) in [4.78, 5) is 22.3. The van der Waals surface area contributed by atoms with Crippen LogP contribution in [-0.2, 0) is 11.2 Å². The first kappa shape index (κ1) is 18.8. The third-order valence-corrected chi connectivity index (χ3v) is 7.33. The topological polar surface area (TPSA) is 45.7 Å². The molecular weight excluding hydrogens is 425 g/mol. The van der Waals surface area contributed by atoms with Gasteiger partial charge in [-0.3, -0.25) is 4.79 Å². The van der Waals surface area contributed by atoms with Gasteiger partial charge >= 0.3 is 0 Å². The molecule has 1 aliphatic rings. The van der Waals surface area contributed by atoms with E-state index in [0.29, 0.717) is 28.9 Å². The quantitative estimate of drug-likeness (QED) is 0.594. The smallest absolute Gasteiger partial charge is 0.227 e. The number of benzene rings is 1. The van der Waals surface area contributed by atoms with Gasteiger partial charge in [-0.15, -0.1) is 11.3 Å². The summed E-state index contributed by atoms with van der Waals surface area (Å²) in [5.41, 5.74) is 0.790. The Balaban J connectivity index is 1.44. The van der Waals surface area contributed by atoms with Crippen molar-refractivity contribution >= 4 is 67.1 Å². The molecule has 0 aliphatic carbocycles. The Morgan fingerprint density at radius 1 is 1.15 bits per heavy atom. The van der Waals surface area contributed by atoms with E-state index < -0.39 is 0 Å². The summed E-state index contributed by atoms with van der Waals surface area (Å²) in [7, 11) is 1.63. The van der Waals surface area contributed by atoms with Gasteiger partial charge in [0, 0.05) is 31.1 Å². The van der Waals surface area contributed by atoms with E-state index >= 15 is 0 Å². The molecule has 3 aromatic rings. The summed E-state index contributed by atoms with van der Waals surface area (Å²) in [6, 6.07) is 7.42. The fraction of sp³-hybridized carbons (Fsp3) is 0.333. The molecule has 1 saturated heterocycles. The van der Waals surface area contributed by atoms with E-state index in [2.05, 4.69) is 4.90 Å². The number of thiazole rings is 1. The van der Waals surface area contributed by atoms with Crippen molar-refractivity contribution in [1.82, 2.24) is 9.88 Å². The third kappa shape index (κ3) is 3.87. The highest BCUT2D eigenvalue weighted by Crippen LogP contribution is 2.38. The lowest BCUT2D eigenvalue weighted by atomic mass is 10.2. The molecule has 0 N–H and O–H groups in total. The second-order valence-corrected chi connectivity index (χ2v) is 9.36. The van der Waals surface area contributed by atoms with Crippen molar-refractivity contribution in [2.45, 2.75) is 6.42 Å². The number of thiophene rings is 1. The third-order valence-electron chi connectivity index (χ3n) is 4.52. The maximum absolute atomic E-state index is 12.5. The number of carbonyl (C=O) groups excluding carboxylic acids is 1. The fourth-order valence-electron chi connectivity index (χ4n) is 3.10. The molecule has 1 fully saturated rings. The van der Waals surface area contributed by atoms with Crippen molar-refractivity contribution in [1.29, 1.82) is 0 Å². The van der Waals surface area contributed by atoms with Crippen LogP contribution in [0, 0.1) is 0 Å². The van der Waals surface area contributed by atoms with Gasteiger partial charge in [-0.1, -0.05) is 34.5 Å². The van der Waals surface area contributed by atoms with Gasteiger partial charge in [-0.2, -0.15) is 0 Å². The van der Waals surface area contributed by atoms with E-state index in [4.69, 9.17) is 32.9 Å². The molecule has 1 amide bonds. The molecule has 1 aliphatic heterocycles. The molecule has 27 heavy (non-hydrogen) atoms. The van der Waals surface area contributed by atoms with Gasteiger partial charge in [0.2, 0.25) is 5.91 Å². The number of aromatic nitrogens is 1. The van der Waals surface area contributed by atoms with Crippen LogP contribution in [0.15, 0.2) is 24.3 Å². The van der Waals surface area contributed by atoms with Crippen LogP contribution >= 0.6 is 45.9 Å². The van der Waals surface area contributed by atoms with Gasteiger partial charge < -0.3 is 14.5 Å². The SMILES string of the molecule is COc1ccc(Cl)c2sc(N3CCN(C(=O)Cc4ccc(Cl)s4)CC3)nc12. The maximum Gasteiger partial charge on any atom is 0.227 e. The van der Waals surface area contributed by atoms with E-state index in [1.807, 2.05) is 29.2 Å². The van der Waals surface area contributed by atoms with Crippen LogP contribution in [-0.4, -0.2) is 49.1 Å². The maximum atomic E-state index is 12.5. The fourth-order valence-corrected chi connectivity index (χ4v) is 5.48. The molecule has 5 nitrogen and oxygen atoms in total. The highest BCUT2D eigenvalue weighted by molar-refractivity contribution is 7.22. The zero-order valence-electron chi connectivity index (χ0n) is 14.6. The Labute approximate surface area is 175 Å². The van der Waals surface area contributed by atoms with Crippen LogP contribution in [0.1, 0.15) is 4.88 Å². The molecule has 3 heterocycles. The van der Waals surface area contributed by atoms with Gasteiger partial charge in [0.1, 0.15) is 11.3 Å². The number of rotatable bonds is 4. The Kier molecular flexibility index (Phi) is 5.45. The molecule has 142 valence electrons. The van der Waals surface area contributed by atoms with Gasteiger partial charge in [-0.25, -0.2) is 4.98 Å². The molecule has 0 spiro atoms. The average molecular weight is 442 g/mol. The van der Waals surface area contributed by atoms with Gasteiger partial charge in [0.25, 0.3) is 0 Å². The summed E-state index contributed by atoms with van der Waals surface area (Å²) < 4.78 is 7.04. The minimum atomic E-state index is 0.141. The predicted molar refractivity (Wildman–Crippen MR) is 113 cm³/mol. The first-order valence-electron chi connectivity index (χ1n) is 8.45. The average Bonchev–Trinajstić information content (AvgIpc) is 3.29. The number of hydrogen-bond acceptors (Lipinski definition) is 6. The molecule has 4 rings (SSSR count). The number of halogens is 2. The molecule has 1 aromatic carbocycles. The second kappa shape index (κ2) is 7.83. The monoisotopic (exact) mass is 441 g/mol. The van der Waals surface area contributed by atoms with E-state index in [1.54, 1.807) is 18.4 Å². The zero-order valence-corrected chi connectivity index (χ0v) is 17.7. The normalized spacial score (nSPS) is 14.8. The molecular formula is C18H17Cl2N3O2S2. The number of carbonyl (C=O) groups is 1. The van der Waals surface area contributed by atoms with Crippen LogP contribution in [0.2, 0.25) is 9.36 Å². The lowest BCUT2D eigenvalue weighted by Crippen LogP contribution is -2.49. The largest absolute Gasteiger partial charge is 0.494 e. The lowest BCUT2D eigenvalue weighted by Gasteiger charge is -2.34. The Hall–Kier alpha value is -1.54. The number of fused-ring (bicyclic) bond motifs is 1. The van der Waals surface area contributed by atoms with Gasteiger partial charge in [0.15, 0.2) is 5.13 Å². The van der Waals surface area contributed by atoms with Crippen molar-refractivity contribution in [3.05, 3.63) is 38.5 Å². The number of piperazine rings is 1. The van der Waals surface area contributed by atoms with E-state index in [-0.39, 0.29) is 5.91 Å². The van der Waals surface area contributed by atoms with Crippen molar-refractivity contribution < 1.29 is 9.53 Å². The Morgan fingerprint density at radius 2 is 1.93 bits per heavy atom. The van der Waals surface area contributed by atoms with Gasteiger partial charge in [-0.05, 0) is 24.3 Å². The predicted octanol–water partition coefficient (Wildman–Crippen LogP) is 4.56. The summed E-state index contributed by atoms with van der Waals surface area (Å²) in [5.74, 6) is 0.863. The summed E-state index contributed by atoms with van der Waals surface area (Å²) in [6.45, 7) is 2.85. The molecule has 0 bridgehead atoms. The van der Waals surface area contributed by atoms with Crippen molar-refractivity contribution in [3.8, 4) is 5.75 Å². The number of amides is 1. The number of nitrogens with zero attached hydrogens (tertiary/aromatic N) is 3. The van der Waals surface area contributed by atoms with Crippen molar-refractivity contribution in [3.63, 3.8) is 0 Å². The van der Waals surface area contributed by atoms with E-state index in [9.17, 15) is 4.79 Å². The van der Waals surface area contributed by atoms with Crippen LogP contribution in [0.5, 0.6) is 5.75 Å². The van der Waals surface area contributed by atoms with Gasteiger partial charge in [0.05, 0.1) is 27.6 Å². The van der Waals surface area contributed by atoms with E-state index in [0.717, 1.165) is 39.1 Å². The van der Waals surface area contributed by atoms with E-state index in [1.165, 1.54) is 11.3 Å². The number of ether oxygens (including phenoxy) is 1. The van der Waals surface area contributed by atoms with Crippen LogP contribution in [0.3, 0.4) is 0 Å². The first-order chi connectivity index (χ1) is 13.0. The standard InChI is InChI=1S/C18H17Cl2N3O2S2/c1-25-13-4-3-12(19)17-16(13)21-18(27-17)23-8-6-22(7-9-23)15(24)10-11-2-5-14(20)26-11/h2-5H,6-10H2,1H3. The first-order valence-corrected chi connectivity index (χ1v) is 10.8. The highest BCUT2D eigenvalue weighted by Gasteiger charge is 2.24. The van der Waals surface area contributed by atoms with Crippen LogP contribution in [0.4, 0.5) is 5.13 Å². The Morgan fingerprint density at radius 3 is 2.59 bits per heavy atom. The molecule has 0 saturated carbocycles.